The summed E-state index contributed by atoms with van der Waals surface area (Å²) in [6.45, 7) is 6.78. The first-order chi connectivity index (χ1) is 9.53. The fourth-order valence-electron chi connectivity index (χ4n) is 1.74. The number of aromatic nitrogens is 2. The molecule has 5 nitrogen and oxygen atoms in total. The Labute approximate surface area is 123 Å². The first kappa shape index (κ1) is 14.6. The number of nitrogens with one attached hydrogen (secondary N) is 1. The highest BCUT2D eigenvalue weighted by Crippen LogP contribution is 2.28. The highest BCUT2D eigenvalue weighted by molar-refractivity contribution is 7.09. The van der Waals surface area contributed by atoms with Gasteiger partial charge in [-0.25, -0.2) is 4.98 Å². The van der Waals surface area contributed by atoms with E-state index in [4.69, 9.17) is 10.5 Å². The van der Waals surface area contributed by atoms with Crippen molar-refractivity contribution >= 4 is 22.8 Å². The van der Waals surface area contributed by atoms with E-state index in [-0.39, 0.29) is 5.54 Å². The molecule has 0 amide bonds. The molecular weight excluding hydrogens is 272 g/mol. The summed E-state index contributed by atoms with van der Waals surface area (Å²) < 4.78 is 5.54. The summed E-state index contributed by atoms with van der Waals surface area (Å²) in [6, 6.07) is 3.65. The van der Waals surface area contributed by atoms with Gasteiger partial charge in [-0.3, -0.25) is 0 Å². The zero-order valence-electron chi connectivity index (χ0n) is 12.0. The second-order valence-corrected chi connectivity index (χ2v) is 5.92. The number of rotatable bonds is 6. The van der Waals surface area contributed by atoms with Crippen LogP contribution in [0.1, 0.15) is 32.2 Å². The highest BCUT2D eigenvalue weighted by Gasteiger charge is 2.23. The van der Waals surface area contributed by atoms with Crippen LogP contribution in [-0.4, -0.2) is 16.6 Å². The zero-order valence-corrected chi connectivity index (χ0v) is 12.8. The summed E-state index contributed by atoms with van der Waals surface area (Å²) in [5, 5.41) is 6.34. The van der Waals surface area contributed by atoms with Crippen LogP contribution in [0, 0.1) is 0 Å². The minimum atomic E-state index is -0.292. The molecule has 2 heterocycles. The first-order valence-electron chi connectivity index (χ1n) is 6.60. The van der Waals surface area contributed by atoms with Gasteiger partial charge in [0.15, 0.2) is 0 Å². The molecular formula is C14H20N4OS. The minimum Gasteiger partial charge on any atom is -0.476 e. The Bertz CT molecular complexity index is 554. The van der Waals surface area contributed by atoms with E-state index in [2.05, 4.69) is 29.1 Å². The molecule has 0 fully saturated rings. The number of nitrogens with two attached hydrogens (primary N) is 1. The monoisotopic (exact) mass is 292 g/mol. The molecule has 0 aliphatic rings. The first-order valence-corrected chi connectivity index (χ1v) is 7.48. The molecule has 0 bridgehead atoms. The second kappa shape index (κ2) is 6.09. The lowest BCUT2D eigenvalue weighted by atomic mass is 10.1. The lowest BCUT2D eigenvalue weighted by Crippen LogP contribution is -2.28. The average molecular weight is 292 g/mol. The highest BCUT2D eigenvalue weighted by atomic mass is 32.1. The fraction of sp³-hybridized carbons (Fsp3) is 0.429. The van der Waals surface area contributed by atoms with Crippen LogP contribution in [0.4, 0.5) is 11.5 Å². The molecule has 2 aromatic rings. The number of nitrogens with zero attached hydrogens (tertiary/aromatic N) is 2. The van der Waals surface area contributed by atoms with Crippen molar-refractivity contribution in [3.05, 3.63) is 28.7 Å². The van der Waals surface area contributed by atoms with Crippen LogP contribution in [-0.2, 0) is 5.54 Å². The van der Waals surface area contributed by atoms with Crippen molar-refractivity contribution in [2.24, 2.45) is 0 Å². The SMILES string of the molecule is CCCOc1nc(NC(C)(C)c2nccs2)ccc1N. The van der Waals surface area contributed by atoms with Crippen molar-refractivity contribution in [3.8, 4) is 5.88 Å². The molecule has 0 aromatic carbocycles. The van der Waals surface area contributed by atoms with Crippen LogP contribution in [0.5, 0.6) is 5.88 Å². The maximum absolute atomic E-state index is 5.86. The quantitative estimate of drug-likeness (QED) is 0.855. The van der Waals surface area contributed by atoms with E-state index in [1.807, 2.05) is 18.4 Å². The summed E-state index contributed by atoms with van der Waals surface area (Å²) in [6.07, 6.45) is 2.72. The van der Waals surface area contributed by atoms with Gasteiger partial charge in [-0.05, 0) is 32.4 Å². The van der Waals surface area contributed by atoms with Crippen LogP contribution >= 0.6 is 11.3 Å². The number of hydrogen-bond donors (Lipinski definition) is 2. The van der Waals surface area contributed by atoms with Crippen molar-refractivity contribution in [2.45, 2.75) is 32.7 Å². The van der Waals surface area contributed by atoms with E-state index >= 15 is 0 Å². The van der Waals surface area contributed by atoms with Crippen molar-refractivity contribution in [2.75, 3.05) is 17.7 Å². The number of pyridine rings is 1. The molecule has 3 N–H and O–H groups in total. The van der Waals surface area contributed by atoms with E-state index in [1.165, 1.54) is 0 Å². The second-order valence-electron chi connectivity index (χ2n) is 5.03. The average Bonchev–Trinajstić information content (AvgIpc) is 2.94. The fourth-order valence-corrected chi connectivity index (χ4v) is 2.46. The summed E-state index contributed by atoms with van der Waals surface area (Å²) >= 11 is 1.61. The van der Waals surface area contributed by atoms with Crippen molar-refractivity contribution in [3.63, 3.8) is 0 Å². The Morgan fingerprint density at radius 1 is 1.40 bits per heavy atom. The van der Waals surface area contributed by atoms with Gasteiger partial charge in [0.1, 0.15) is 10.8 Å². The lowest BCUT2D eigenvalue weighted by molar-refractivity contribution is 0.307. The summed E-state index contributed by atoms with van der Waals surface area (Å²) in [4.78, 5) is 8.77. The third-order valence-corrected chi connectivity index (χ3v) is 3.84. The molecule has 0 atom stereocenters. The molecule has 0 saturated carbocycles. The van der Waals surface area contributed by atoms with Gasteiger partial charge in [0.2, 0.25) is 5.88 Å². The summed E-state index contributed by atoms with van der Waals surface area (Å²) in [7, 11) is 0. The normalized spacial score (nSPS) is 11.3. The van der Waals surface area contributed by atoms with Crippen LogP contribution in [0.15, 0.2) is 23.7 Å². The van der Waals surface area contributed by atoms with E-state index in [9.17, 15) is 0 Å². The Kier molecular flexibility index (Phi) is 4.44. The van der Waals surface area contributed by atoms with Crippen LogP contribution in [0.3, 0.4) is 0 Å². The molecule has 0 unspecified atom stereocenters. The molecule has 108 valence electrons. The molecule has 0 aliphatic carbocycles. The predicted molar refractivity (Wildman–Crippen MR) is 83.2 cm³/mol. The van der Waals surface area contributed by atoms with Gasteiger partial charge in [-0.2, -0.15) is 4.98 Å². The van der Waals surface area contributed by atoms with Gasteiger partial charge in [-0.15, -0.1) is 11.3 Å². The lowest BCUT2D eigenvalue weighted by Gasteiger charge is -2.24. The molecule has 0 spiro atoms. The number of ether oxygens (including phenoxy) is 1. The van der Waals surface area contributed by atoms with Gasteiger partial charge in [0.05, 0.1) is 17.8 Å². The van der Waals surface area contributed by atoms with Crippen LogP contribution in [0.25, 0.3) is 0 Å². The topological polar surface area (TPSA) is 73.1 Å². The maximum atomic E-state index is 5.86. The molecule has 2 rings (SSSR count). The summed E-state index contributed by atoms with van der Waals surface area (Å²) in [5.74, 6) is 1.21. The standard InChI is InChI=1S/C14H20N4OS/c1-4-8-19-12-10(15)5-6-11(17-12)18-14(2,3)13-16-7-9-20-13/h5-7,9H,4,8,15H2,1-3H3,(H,17,18). The number of thiazole rings is 1. The zero-order chi connectivity index (χ0) is 14.6. The van der Waals surface area contributed by atoms with Gasteiger partial charge in [0.25, 0.3) is 0 Å². The Morgan fingerprint density at radius 3 is 2.85 bits per heavy atom. The smallest absolute Gasteiger partial charge is 0.239 e. The van der Waals surface area contributed by atoms with Crippen LogP contribution in [0.2, 0.25) is 0 Å². The summed E-state index contributed by atoms with van der Waals surface area (Å²) in [5.41, 5.74) is 6.12. The molecule has 0 saturated heterocycles. The van der Waals surface area contributed by atoms with Crippen LogP contribution < -0.4 is 15.8 Å². The van der Waals surface area contributed by atoms with Crippen molar-refractivity contribution in [1.82, 2.24) is 9.97 Å². The molecule has 0 aliphatic heterocycles. The van der Waals surface area contributed by atoms with Gasteiger partial charge in [0, 0.05) is 11.6 Å². The Morgan fingerprint density at radius 2 is 2.20 bits per heavy atom. The maximum Gasteiger partial charge on any atom is 0.239 e. The minimum absolute atomic E-state index is 0.292. The molecule has 2 aromatic heterocycles. The largest absolute Gasteiger partial charge is 0.476 e. The van der Waals surface area contributed by atoms with Gasteiger partial charge in [-0.1, -0.05) is 6.92 Å². The van der Waals surface area contributed by atoms with Crippen molar-refractivity contribution in [1.29, 1.82) is 0 Å². The van der Waals surface area contributed by atoms with Crippen molar-refractivity contribution < 1.29 is 4.74 Å². The van der Waals surface area contributed by atoms with Gasteiger partial charge >= 0.3 is 0 Å². The number of anilines is 2. The Hall–Kier alpha value is -1.82. The Balaban J connectivity index is 2.17. The third kappa shape index (κ3) is 3.39. The molecule has 6 heteroatoms. The van der Waals surface area contributed by atoms with E-state index < -0.39 is 0 Å². The number of hydrogen-bond acceptors (Lipinski definition) is 6. The van der Waals surface area contributed by atoms with E-state index in [0.29, 0.717) is 18.2 Å². The molecule has 20 heavy (non-hydrogen) atoms. The van der Waals surface area contributed by atoms with E-state index in [0.717, 1.165) is 17.2 Å². The third-order valence-electron chi connectivity index (χ3n) is 2.74. The molecule has 0 radical (unpaired) electrons. The van der Waals surface area contributed by atoms with E-state index in [1.54, 1.807) is 23.6 Å². The predicted octanol–water partition coefficient (Wildman–Crippen LogP) is 3.26. The number of nitrogen functional groups attached to an aromatic ring is 1. The van der Waals surface area contributed by atoms with Gasteiger partial charge < -0.3 is 15.8 Å².